The third-order valence-electron chi connectivity index (χ3n) is 2.27. The first kappa shape index (κ1) is 12.0. The molecule has 0 bridgehead atoms. The van der Waals surface area contributed by atoms with Crippen molar-refractivity contribution in [3.05, 3.63) is 44.3 Å². The molecular formula is C11H7Cl2NO3. The predicted octanol–water partition coefficient (Wildman–Crippen LogP) is 2.62. The molecule has 0 amide bonds. The molecule has 0 spiro atoms. The Hall–Kier alpha value is -1.52. The van der Waals surface area contributed by atoms with Gasteiger partial charge in [-0.25, -0.2) is 4.79 Å². The molecule has 0 fully saturated rings. The number of carbonyl (C=O) groups is 1. The lowest BCUT2D eigenvalue weighted by Crippen LogP contribution is -2.14. The van der Waals surface area contributed by atoms with Gasteiger partial charge in [0.05, 0.1) is 17.5 Å². The first-order chi connectivity index (χ1) is 8.02. The Kier molecular flexibility index (Phi) is 3.09. The summed E-state index contributed by atoms with van der Waals surface area (Å²) in [5.41, 5.74) is -0.395. The monoisotopic (exact) mass is 271 g/mol. The molecule has 88 valence electrons. The highest BCUT2D eigenvalue weighted by Crippen LogP contribution is 2.25. The number of aromatic amines is 1. The van der Waals surface area contributed by atoms with Crippen LogP contribution in [0.25, 0.3) is 10.8 Å². The summed E-state index contributed by atoms with van der Waals surface area (Å²) >= 11 is 11.7. The number of H-pyrrole nitrogens is 1. The summed E-state index contributed by atoms with van der Waals surface area (Å²) in [5, 5.41) is 1.42. The molecule has 0 aliphatic heterocycles. The zero-order valence-electron chi connectivity index (χ0n) is 8.71. The molecule has 0 atom stereocenters. The molecule has 2 aromatic rings. The van der Waals surface area contributed by atoms with Gasteiger partial charge in [0.2, 0.25) is 0 Å². The highest BCUT2D eigenvalue weighted by atomic mass is 35.5. The van der Waals surface area contributed by atoms with Gasteiger partial charge in [0.15, 0.2) is 0 Å². The van der Waals surface area contributed by atoms with Gasteiger partial charge in [-0.1, -0.05) is 23.2 Å². The number of fused-ring (bicyclic) bond motifs is 1. The normalized spacial score (nSPS) is 10.5. The number of ether oxygens (including phenoxy) is 1. The largest absolute Gasteiger partial charge is 0.464 e. The van der Waals surface area contributed by atoms with Crippen molar-refractivity contribution in [2.75, 3.05) is 7.11 Å². The summed E-state index contributed by atoms with van der Waals surface area (Å²) in [6.07, 6.45) is 0. The maximum absolute atomic E-state index is 11.8. The summed E-state index contributed by atoms with van der Waals surface area (Å²) in [4.78, 5) is 25.5. The third kappa shape index (κ3) is 2.14. The Labute approximate surface area is 106 Å². The molecule has 2 rings (SSSR count). The van der Waals surface area contributed by atoms with Crippen LogP contribution in [0.4, 0.5) is 0 Å². The number of nitrogens with one attached hydrogen (secondary N) is 1. The van der Waals surface area contributed by atoms with Gasteiger partial charge in [0.25, 0.3) is 5.56 Å². The van der Waals surface area contributed by atoms with Gasteiger partial charge in [-0.2, -0.15) is 0 Å². The van der Waals surface area contributed by atoms with E-state index < -0.39 is 11.5 Å². The fourth-order valence-corrected chi connectivity index (χ4v) is 2.14. The molecule has 6 heteroatoms. The number of benzene rings is 1. The standard InChI is InChI=1S/C11H7Cl2NO3/c1-17-11(16)8-3-5-2-6(12)4-7(13)9(5)10(15)14-8/h2-4H,1H3,(H,14,15). The van der Waals surface area contributed by atoms with E-state index in [2.05, 4.69) is 9.72 Å². The van der Waals surface area contributed by atoms with Crippen LogP contribution in [-0.2, 0) is 4.74 Å². The van der Waals surface area contributed by atoms with Gasteiger partial charge >= 0.3 is 5.97 Å². The number of halogens is 2. The summed E-state index contributed by atoms with van der Waals surface area (Å²) in [6.45, 7) is 0. The van der Waals surface area contributed by atoms with E-state index in [9.17, 15) is 9.59 Å². The highest BCUT2D eigenvalue weighted by molar-refractivity contribution is 6.38. The van der Waals surface area contributed by atoms with Crippen LogP contribution in [0.15, 0.2) is 23.0 Å². The van der Waals surface area contributed by atoms with Crippen LogP contribution in [0.1, 0.15) is 10.5 Å². The van der Waals surface area contributed by atoms with E-state index in [1.54, 1.807) is 6.07 Å². The van der Waals surface area contributed by atoms with Crippen molar-refractivity contribution in [2.45, 2.75) is 0 Å². The molecule has 1 heterocycles. The molecule has 17 heavy (non-hydrogen) atoms. The Morgan fingerprint density at radius 2 is 2.00 bits per heavy atom. The number of aromatic nitrogens is 1. The van der Waals surface area contributed by atoms with Crippen molar-refractivity contribution in [1.82, 2.24) is 4.98 Å². The molecule has 0 saturated carbocycles. The average molecular weight is 272 g/mol. The quantitative estimate of drug-likeness (QED) is 0.812. The van der Waals surface area contributed by atoms with Gasteiger partial charge in [0, 0.05) is 5.02 Å². The lowest BCUT2D eigenvalue weighted by atomic mass is 10.1. The second-order valence-electron chi connectivity index (χ2n) is 3.36. The number of rotatable bonds is 1. The van der Waals surface area contributed by atoms with Gasteiger partial charge in [-0.3, -0.25) is 4.79 Å². The van der Waals surface area contributed by atoms with Gasteiger partial charge < -0.3 is 9.72 Å². The minimum Gasteiger partial charge on any atom is -0.464 e. The highest BCUT2D eigenvalue weighted by Gasteiger charge is 2.12. The molecule has 0 saturated heterocycles. The topological polar surface area (TPSA) is 59.2 Å². The van der Waals surface area contributed by atoms with Crippen molar-refractivity contribution in [3.8, 4) is 0 Å². The van der Waals surface area contributed by atoms with Crippen molar-refractivity contribution in [2.24, 2.45) is 0 Å². The number of hydrogen-bond acceptors (Lipinski definition) is 3. The van der Waals surface area contributed by atoms with E-state index in [-0.39, 0.29) is 10.7 Å². The summed E-state index contributed by atoms with van der Waals surface area (Å²) in [5.74, 6) is -0.625. The molecule has 0 unspecified atom stereocenters. The van der Waals surface area contributed by atoms with Crippen LogP contribution < -0.4 is 5.56 Å². The Bertz CT molecular complexity index is 664. The second-order valence-corrected chi connectivity index (χ2v) is 4.20. The Balaban J connectivity index is 2.82. The van der Waals surface area contributed by atoms with E-state index in [0.29, 0.717) is 15.8 Å². The van der Waals surface area contributed by atoms with Crippen LogP contribution in [-0.4, -0.2) is 18.1 Å². The van der Waals surface area contributed by atoms with Gasteiger partial charge in [-0.05, 0) is 23.6 Å². The molecule has 0 aliphatic rings. The molecule has 1 N–H and O–H groups in total. The molecule has 1 aromatic carbocycles. The molecular weight excluding hydrogens is 265 g/mol. The maximum Gasteiger partial charge on any atom is 0.354 e. The van der Waals surface area contributed by atoms with E-state index in [4.69, 9.17) is 23.2 Å². The van der Waals surface area contributed by atoms with Crippen LogP contribution in [0.2, 0.25) is 10.0 Å². The summed E-state index contributed by atoms with van der Waals surface area (Å²) in [7, 11) is 1.23. The van der Waals surface area contributed by atoms with E-state index in [1.165, 1.54) is 19.2 Å². The summed E-state index contributed by atoms with van der Waals surface area (Å²) in [6, 6.07) is 4.50. The summed E-state index contributed by atoms with van der Waals surface area (Å²) < 4.78 is 4.53. The minimum absolute atomic E-state index is 0.0586. The molecule has 0 aliphatic carbocycles. The average Bonchev–Trinajstić information content (AvgIpc) is 2.26. The van der Waals surface area contributed by atoms with Crippen LogP contribution in [0, 0.1) is 0 Å². The first-order valence-corrected chi connectivity index (χ1v) is 5.39. The third-order valence-corrected chi connectivity index (χ3v) is 2.78. The maximum atomic E-state index is 11.8. The lowest BCUT2D eigenvalue weighted by molar-refractivity contribution is 0.0594. The van der Waals surface area contributed by atoms with Crippen molar-refractivity contribution in [3.63, 3.8) is 0 Å². The fraction of sp³-hybridized carbons (Fsp3) is 0.0909. The second kappa shape index (κ2) is 4.39. The van der Waals surface area contributed by atoms with Gasteiger partial charge in [-0.15, -0.1) is 0 Å². The minimum atomic E-state index is -0.625. The zero-order chi connectivity index (χ0) is 12.6. The van der Waals surface area contributed by atoms with Crippen molar-refractivity contribution >= 4 is 39.9 Å². The van der Waals surface area contributed by atoms with E-state index >= 15 is 0 Å². The number of pyridine rings is 1. The zero-order valence-corrected chi connectivity index (χ0v) is 10.2. The van der Waals surface area contributed by atoms with Crippen molar-refractivity contribution < 1.29 is 9.53 Å². The SMILES string of the molecule is COC(=O)c1cc2cc(Cl)cc(Cl)c2c(=O)[nH]1. The van der Waals surface area contributed by atoms with Crippen LogP contribution >= 0.6 is 23.2 Å². The predicted molar refractivity (Wildman–Crippen MR) is 65.9 cm³/mol. The molecule has 4 nitrogen and oxygen atoms in total. The van der Waals surface area contributed by atoms with E-state index in [1.807, 2.05) is 0 Å². The van der Waals surface area contributed by atoms with Gasteiger partial charge in [0.1, 0.15) is 5.69 Å². The Morgan fingerprint density at radius 3 is 2.65 bits per heavy atom. The van der Waals surface area contributed by atoms with Crippen LogP contribution in [0.5, 0.6) is 0 Å². The number of methoxy groups -OCH3 is 1. The molecule has 1 aromatic heterocycles. The number of hydrogen-bond donors (Lipinski definition) is 1. The number of esters is 1. The number of carbonyl (C=O) groups excluding carboxylic acids is 1. The fourth-order valence-electron chi connectivity index (χ4n) is 1.54. The van der Waals surface area contributed by atoms with Crippen LogP contribution in [0.3, 0.4) is 0 Å². The van der Waals surface area contributed by atoms with E-state index in [0.717, 1.165) is 0 Å². The van der Waals surface area contributed by atoms with Crippen molar-refractivity contribution in [1.29, 1.82) is 0 Å². The molecule has 0 radical (unpaired) electrons. The Morgan fingerprint density at radius 1 is 1.29 bits per heavy atom. The first-order valence-electron chi connectivity index (χ1n) is 4.63. The lowest BCUT2D eigenvalue weighted by Gasteiger charge is -2.04. The smallest absolute Gasteiger partial charge is 0.354 e.